The van der Waals surface area contributed by atoms with Gasteiger partial charge in [0.05, 0.1) is 5.41 Å². The number of anilines is 1. The molecule has 244 valence electrons. The van der Waals surface area contributed by atoms with Crippen molar-refractivity contribution in [3.05, 3.63) is 95.7 Å². The first-order valence-electron chi connectivity index (χ1n) is 14.9. The molecule has 2 heterocycles. The fourth-order valence-corrected chi connectivity index (χ4v) is 5.47. The SMILES string of the molecule is Cc1noc(-c2ccc(-c3ccc(C4(C(=O)OC5OC(C(=O)O)C(O)C(O)C5O)CC4)cc3)cc2)c1NC(=O)OCc1ccccc1. The minimum absolute atomic E-state index is 0.114. The number of hydrogen-bond donors (Lipinski definition) is 5. The molecule has 3 aromatic carbocycles. The Bertz CT molecular complexity index is 1750. The number of aliphatic hydroxyl groups is 3. The van der Waals surface area contributed by atoms with Gasteiger partial charge in [-0.3, -0.25) is 10.1 Å². The number of carboxylic acid groups (broad SMARTS) is 1. The fraction of sp³-hybridized carbons (Fsp3) is 0.294. The van der Waals surface area contributed by atoms with Crippen molar-refractivity contribution < 1.29 is 53.5 Å². The van der Waals surface area contributed by atoms with E-state index in [2.05, 4.69) is 10.5 Å². The molecule has 0 radical (unpaired) electrons. The van der Waals surface area contributed by atoms with Crippen LogP contribution in [0.1, 0.15) is 29.7 Å². The van der Waals surface area contributed by atoms with Crippen LogP contribution in [0, 0.1) is 6.92 Å². The third-order valence-corrected chi connectivity index (χ3v) is 8.40. The molecule has 47 heavy (non-hydrogen) atoms. The van der Waals surface area contributed by atoms with Gasteiger partial charge in [0.2, 0.25) is 6.29 Å². The maximum atomic E-state index is 13.2. The summed E-state index contributed by atoms with van der Waals surface area (Å²) in [5.41, 5.74) is 3.80. The number of carbonyl (C=O) groups excluding carboxylic acids is 2. The van der Waals surface area contributed by atoms with Crippen LogP contribution in [-0.4, -0.2) is 74.3 Å². The monoisotopic (exact) mass is 644 g/mol. The molecule has 4 aromatic rings. The molecule has 1 amide bonds. The molecule has 13 nitrogen and oxygen atoms in total. The van der Waals surface area contributed by atoms with Gasteiger partial charge in [-0.25, -0.2) is 9.59 Å². The Morgan fingerprint density at radius 2 is 1.49 bits per heavy atom. The van der Waals surface area contributed by atoms with Crippen molar-refractivity contribution in [3.8, 4) is 22.5 Å². The molecule has 1 saturated heterocycles. The van der Waals surface area contributed by atoms with Gasteiger partial charge in [0.1, 0.15) is 36.3 Å². The van der Waals surface area contributed by atoms with Crippen LogP contribution < -0.4 is 5.32 Å². The van der Waals surface area contributed by atoms with Crippen molar-refractivity contribution in [2.24, 2.45) is 0 Å². The summed E-state index contributed by atoms with van der Waals surface area (Å²) in [6.07, 6.45) is -8.94. The van der Waals surface area contributed by atoms with E-state index in [0.717, 1.165) is 16.7 Å². The predicted molar refractivity (Wildman–Crippen MR) is 164 cm³/mol. The molecule has 5 N–H and O–H groups in total. The molecular weight excluding hydrogens is 612 g/mol. The number of aliphatic hydroxyl groups excluding tert-OH is 3. The topological polar surface area (TPSA) is 198 Å². The van der Waals surface area contributed by atoms with E-state index in [0.29, 0.717) is 41.1 Å². The maximum absolute atomic E-state index is 13.2. The minimum Gasteiger partial charge on any atom is -0.479 e. The number of ether oxygens (including phenoxy) is 3. The van der Waals surface area contributed by atoms with Gasteiger partial charge in [-0.1, -0.05) is 84.0 Å². The van der Waals surface area contributed by atoms with Gasteiger partial charge in [-0.05, 0) is 42.0 Å². The number of esters is 1. The minimum atomic E-state index is -1.89. The summed E-state index contributed by atoms with van der Waals surface area (Å²) in [5, 5.41) is 46.2. The van der Waals surface area contributed by atoms with Crippen LogP contribution in [-0.2, 0) is 35.8 Å². The van der Waals surface area contributed by atoms with Gasteiger partial charge >= 0.3 is 18.0 Å². The molecule has 5 atom stereocenters. The zero-order valence-electron chi connectivity index (χ0n) is 25.1. The molecular formula is C34H32N2O11. The average molecular weight is 645 g/mol. The molecule has 1 saturated carbocycles. The molecule has 0 spiro atoms. The number of nitrogens with zero attached hydrogens (tertiary/aromatic N) is 1. The molecule has 1 aliphatic heterocycles. The van der Waals surface area contributed by atoms with Gasteiger partial charge < -0.3 is 39.2 Å². The Morgan fingerprint density at radius 1 is 0.872 bits per heavy atom. The zero-order chi connectivity index (χ0) is 33.3. The highest BCUT2D eigenvalue weighted by atomic mass is 16.7. The number of nitrogens with one attached hydrogen (secondary N) is 1. The molecule has 1 aromatic heterocycles. The summed E-state index contributed by atoms with van der Waals surface area (Å²) in [7, 11) is 0. The number of rotatable bonds is 9. The first kappa shape index (κ1) is 31.9. The average Bonchev–Trinajstić information content (AvgIpc) is 3.82. The molecule has 5 unspecified atom stereocenters. The van der Waals surface area contributed by atoms with E-state index >= 15 is 0 Å². The lowest BCUT2D eigenvalue weighted by molar-refractivity contribution is -0.287. The van der Waals surface area contributed by atoms with Crippen LogP contribution in [0.15, 0.2) is 83.4 Å². The van der Waals surface area contributed by atoms with Crippen LogP contribution in [0.2, 0.25) is 0 Å². The maximum Gasteiger partial charge on any atom is 0.412 e. The lowest BCUT2D eigenvalue weighted by Gasteiger charge is -2.38. The predicted octanol–water partition coefficient (Wildman–Crippen LogP) is 3.53. The van der Waals surface area contributed by atoms with Crippen molar-refractivity contribution in [1.29, 1.82) is 0 Å². The highest BCUT2D eigenvalue weighted by Crippen LogP contribution is 2.50. The fourth-order valence-electron chi connectivity index (χ4n) is 5.47. The number of hydrogen-bond acceptors (Lipinski definition) is 11. The highest BCUT2D eigenvalue weighted by Gasteiger charge is 2.56. The summed E-state index contributed by atoms with van der Waals surface area (Å²) in [6.45, 7) is 1.82. The molecule has 1 aliphatic carbocycles. The van der Waals surface area contributed by atoms with E-state index in [1.165, 1.54) is 0 Å². The Kier molecular flexibility index (Phi) is 8.80. The van der Waals surface area contributed by atoms with Crippen LogP contribution in [0.25, 0.3) is 22.5 Å². The highest BCUT2D eigenvalue weighted by molar-refractivity contribution is 5.91. The third-order valence-electron chi connectivity index (χ3n) is 8.40. The lowest BCUT2D eigenvalue weighted by Crippen LogP contribution is -2.60. The normalized spacial score (nSPS) is 23.0. The Hall–Kier alpha value is -5.08. The van der Waals surface area contributed by atoms with Crippen molar-refractivity contribution in [3.63, 3.8) is 0 Å². The largest absolute Gasteiger partial charge is 0.479 e. The van der Waals surface area contributed by atoms with Crippen molar-refractivity contribution >= 4 is 23.7 Å². The number of aromatic nitrogens is 1. The van der Waals surface area contributed by atoms with Gasteiger partial charge in [-0.2, -0.15) is 0 Å². The van der Waals surface area contributed by atoms with Crippen LogP contribution in [0.5, 0.6) is 0 Å². The van der Waals surface area contributed by atoms with E-state index < -0.39 is 54.2 Å². The third kappa shape index (κ3) is 6.46. The summed E-state index contributed by atoms with van der Waals surface area (Å²) in [5.74, 6) is -1.93. The lowest BCUT2D eigenvalue weighted by atomic mass is 9.93. The Morgan fingerprint density at radius 3 is 2.11 bits per heavy atom. The number of aryl methyl sites for hydroxylation is 1. The quantitative estimate of drug-likeness (QED) is 0.166. The molecule has 0 bridgehead atoms. The van der Waals surface area contributed by atoms with Gasteiger partial charge in [-0.15, -0.1) is 0 Å². The summed E-state index contributed by atoms with van der Waals surface area (Å²) < 4.78 is 21.3. The number of aliphatic carboxylic acids is 1. The molecule has 2 fully saturated rings. The standard InChI is InChI=1S/C34H32N2O11/c1-18-24(35-33(43)44-17-19-5-3-2-4-6-19)28(47-36-18)22-9-7-20(8-10-22)21-11-13-23(14-12-21)34(15-16-34)32(42)46-31-27(39)25(37)26(38)29(45-31)30(40)41/h2-14,25-27,29,31,37-39H,15-17H2,1H3,(H,35,43)(H,40,41). The summed E-state index contributed by atoms with van der Waals surface area (Å²) in [6, 6.07) is 24.0. The first-order valence-corrected chi connectivity index (χ1v) is 14.9. The number of benzene rings is 3. The molecule has 2 aliphatic rings. The molecule has 13 heteroatoms. The number of carboxylic acids is 1. The van der Waals surface area contributed by atoms with Crippen LogP contribution in [0.3, 0.4) is 0 Å². The zero-order valence-corrected chi connectivity index (χ0v) is 25.1. The van der Waals surface area contributed by atoms with Crippen molar-refractivity contribution in [2.75, 3.05) is 5.32 Å². The van der Waals surface area contributed by atoms with Gasteiger partial charge in [0.15, 0.2) is 11.9 Å². The van der Waals surface area contributed by atoms with E-state index in [1.54, 1.807) is 19.1 Å². The second-order valence-corrected chi connectivity index (χ2v) is 11.5. The van der Waals surface area contributed by atoms with E-state index in [1.807, 2.05) is 66.7 Å². The van der Waals surface area contributed by atoms with E-state index in [9.17, 15) is 34.8 Å². The smallest absolute Gasteiger partial charge is 0.412 e. The summed E-state index contributed by atoms with van der Waals surface area (Å²) in [4.78, 5) is 37.1. The Balaban J connectivity index is 1.11. The van der Waals surface area contributed by atoms with E-state index in [4.69, 9.17) is 18.7 Å². The van der Waals surface area contributed by atoms with Crippen molar-refractivity contribution in [1.82, 2.24) is 5.16 Å². The van der Waals surface area contributed by atoms with Crippen LogP contribution in [0.4, 0.5) is 10.5 Å². The number of carbonyl (C=O) groups is 3. The first-order chi connectivity index (χ1) is 22.6. The van der Waals surface area contributed by atoms with Crippen LogP contribution >= 0.6 is 0 Å². The van der Waals surface area contributed by atoms with Gasteiger partial charge in [0.25, 0.3) is 0 Å². The van der Waals surface area contributed by atoms with E-state index in [-0.39, 0.29) is 6.61 Å². The number of amides is 1. The summed E-state index contributed by atoms with van der Waals surface area (Å²) >= 11 is 0. The second-order valence-electron chi connectivity index (χ2n) is 11.5. The van der Waals surface area contributed by atoms with Crippen molar-refractivity contribution in [2.45, 2.75) is 62.5 Å². The Labute approximate surface area is 268 Å². The second kappa shape index (κ2) is 13.0. The van der Waals surface area contributed by atoms with Gasteiger partial charge in [0, 0.05) is 5.56 Å². The molecule has 6 rings (SSSR count).